The molecule has 3 saturated carbocycles. The van der Waals surface area contributed by atoms with Crippen molar-refractivity contribution in [3.8, 4) is 0 Å². The first-order valence-electron chi connectivity index (χ1n) is 13.2. The van der Waals surface area contributed by atoms with Crippen LogP contribution in [-0.2, 0) is 21.9 Å². The van der Waals surface area contributed by atoms with E-state index in [0.717, 1.165) is 48.5 Å². The predicted octanol–water partition coefficient (Wildman–Crippen LogP) is 5.51. The van der Waals surface area contributed by atoms with Gasteiger partial charge in [-0.05, 0) is 96.9 Å². The number of anilines is 1. The molecule has 4 aliphatic rings. The van der Waals surface area contributed by atoms with Crippen LogP contribution < -0.4 is 4.72 Å². The topological polar surface area (TPSA) is 71.4 Å². The van der Waals surface area contributed by atoms with Gasteiger partial charge >= 0.3 is 0 Å². The molecule has 1 aromatic heterocycles. The number of nitrogens with zero attached hydrogens (tertiary/aromatic N) is 2. The average molecular weight is 524 g/mol. The lowest BCUT2D eigenvalue weighted by Gasteiger charge is -2.65. The van der Waals surface area contributed by atoms with Crippen LogP contribution in [0.3, 0.4) is 0 Å². The fourth-order valence-corrected chi connectivity index (χ4v) is 8.08. The highest BCUT2D eigenvalue weighted by molar-refractivity contribution is 7.92. The van der Waals surface area contributed by atoms with Crippen molar-refractivity contribution in [3.63, 3.8) is 0 Å². The molecule has 0 spiro atoms. The fourth-order valence-electron chi connectivity index (χ4n) is 7.03. The number of carbonyl (C=O) groups excluding carboxylic acids is 1. The lowest BCUT2D eigenvalue weighted by atomic mass is 9.40. The normalized spacial score (nSPS) is 27.9. The maximum Gasteiger partial charge on any atom is 0.261 e. The highest BCUT2D eigenvalue weighted by Gasteiger charge is 2.61. The summed E-state index contributed by atoms with van der Waals surface area (Å²) in [6.45, 7) is 5.86. The third-order valence-corrected chi connectivity index (χ3v) is 10.8. The Kier molecular flexibility index (Phi) is 5.67. The average Bonchev–Trinajstić information content (AvgIpc) is 3.12. The zero-order valence-electron chi connectivity index (χ0n) is 21.6. The number of amides is 1. The van der Waals surface area contributed by atoms with Crippen molar-refractivity contribution in [2.24, 2.45) is 30.2 Å². The van der Waals surface area contributed by atoms with Crippen molar-refractivity contribution in [1.82, 2.24) is 9.47 Å². The van der Waals surface area contributed by atoms with Gasteiger partial charge in [0.05, 0.1) is 4.90 Å². The molecular weight excluding hydrogens is 489 g/mol. The number of likely N-dealkylation sites (tertiary alicyclic amines) is 1. The highest BCUT2D eigenvalue weighted by Crippen LogP contribution is 2.68. The molecule has 8 heteroatoms. The first-order chi connectivity index (χ1) is 17.6. The van der Waals surface area contributed by atoms with Gasteiger partial charge in [0.2, 0.25) is 5.91 Å². The van der Waals surface area contributed by atoms with Crippen molar-refractivity contribution in [2.75, 3.05) is 17.8 Å². The predicted molar refractivity (Wildman–Crippen MR) is 142 cm³/mol. The molecule has 0 unspecified atom stereocenters. The molecule has 3 atom stereocenters. The van der Waals surface area contributed by atoms with E-state index in [1.165, 1.54) is 37.0 Å². The van der Waals surface area contributed by atoms with Crippen LogP contribution in [0, 0.1) is 29.0 Å². The molecule has 2 aromatic carbocycles. The van der Waals surface area contributed by atoms with E-state index in [2.05, 4.69) is 34.2 Å². The molecule has 7 rings (SSSR count). The summed E-state index contributed by atoms with van der Waals surface area (Å²) in [5.41, 5.74) is 2.97. The van der Waals surface area contributed by atoms with Crippen LogP contribution in [0.1, 0.15) is 51.0 Å². The Labute approximate surface area is 217 Å². The van der Waals surface area contributed by atoms with E-state index in [0.29, 0.717) is 17.5 Å². The number of piperidine rings is 1. The van der Waals surface area contributed by atoms with E-state index in [9.17, 15) is 17.6 Å². The first-order valence-corrected chi connectivity index (χ1v) is 14.7. The summed E-state index contributed by atoms with van der Waals surface area (Å²) in [6, 6.07) is 10.4. The van der Waals surface area contributed by atoms with E-state index in [4.69, 9.17) is 0 Å². The number of carbonyl (C=O) groups is 1. The molecule has 6 nitrogen and oxygen atoms in total. The van der Waals surface area contributed by atoms with Crippen LogP contribution in [0.4, 0.5) is 10.1 Å². The Morgan fingerprint density at radius 3 is 2.46 bits per heavy atom. The van der Waals surface area contributed by atoms with Gasteiger partial charge in [0.1, 0.15) is 5.82 Å². The van der Waals surface area contributed by atoms with Gasteiger partial charge in [-0.25, -0.2) is 12.8 Å². The molecule has 196 valence electrons. The second-order valence-electron chi connectivity index (χ2n) is 11.7. The Balaban J connectivity index is 1.22. The number of fused-ring (bicyclic) bond motifs is 1. The Morgan fingerprint density at radius 1 is 1.14 bits per heavy atom. The number of aryl methyl sites for hydroxylation is 1. The first kappa shape index (κ1) is 24.5. The number of halogens is 1. The van der Waals surface area contributed by atoms with Gasteiger partial charge < -0.3 is 9.47 Å². The van der Waals surface area contributed by atoms with Gasteiger partial charge in [-0.3, -0.25) is 9.52 Å². The summed E-state index contributed by atoms with van der Waals surface area (Å²) in [5.74, 6) is 1.40. The summed E-state index contributed by atoms with van der Waals surface area (Å²) < 4.78 is 43.7. The lowest BCUT2D eigenvalue weighted by Crippen LogP contribution is -2.59. The monoisotopic (exact) mass is 523 g/mol. The molecule has 1 N–H and O–H groups in total. The zero-order valence-corrected chi connectivity index (χ0v) is 22.4. The maximum absolute atomic E-state index is 13.3. The number of nitrogens with one attached hydrogen (secondary N) is 1. The molecule has 3 aliphatic carbocycles. The number of rotatable bonds is 6. The highest BCUT2D eigenvalue weighted by atomic mass is 32.2. The quantitative estimate of drug-likeness (QED) is 0.463. The van der Waals surface area contributed by atoms with Gasteiger partial charge in [-0.2, -0.15) is 0 Å². The van der Waals surface area contributed by atoms with Gasteiger partial charge in [0.25, 0.3) is 10.0 Å². The van der Waals surface area contributed by atoms with Gasteiger partial charge in [0.15, 0.2) is 0 Å². The third-order valence-electron chi connectivity index (χ3n) is 9.39. The van der Waals surface area contributed by atoms with E-state index < -0.39 is 15.8 Å². The molecule has 37 heavy (non-hydrogen) atoms. The number of hydrogen-bond acceptors (Lipinski definition) is 3. The zero-order chi connectivity index (χ0) is 26.1. The van der Waals surface area contributed by atoms with Crippen molar-refractivity contribution in [3.05, 3.63) is 60.0 Å². The van der Waals surface area contributed by atoms with E-state index in [-0.39, 0.29) is 22.1 Å². The summed E-state index contributed by atoms with van der Waals surface area (Å²) >= 11 is 0. The van der Waals surface area contributed by atoms with Crippen LogP contribution in [0.2, 0.25) is 0 Å². The molecular formula is C29H34FN3O3S. The van der Waals surface area contributed by atoms with Crippen molar-refractivity contribution < 1.29 is 17.6 Å². The molecule has 1 saturated heterocycles. The molecule has 2 bridgehead atoms. The lowest BCUT2D eigenvalue weighted by molar-refractivity contribution is -0.174. The van der Waals surface area contributed by atoms with Crippen LogP contribution >= 0.6 is 0 Å². The summed E-state index contributed by atoms with van der Waals surface area (Å²) in [4.78, 5) is 15.4. The Bertz CT molecular complexity index is 1460. The molecule has 3 aromatic rings. The van der Waals surface area contributed by atoms with E-state index >= 15 is 0 Å². The smallest absolute Gasteiger partial charge is 0.261 e. The SMILES string of the molecule is C[C@H]1CN(C(=O)[C@H](C)C23CC(C2)C3)CC[C@H]1c1cn(C)c2ccc(NS(=O)(=O)c3ccc(F)cc3)cc12. The standard InChI is InChI=1S/C29H34FN3O3S/c1-18-16-33(28(34)19(2)29-13-20(14-29)15-29)11-10-24(18)26-17-32(3)27-9-6-22(12-25(26)27)31-37(35,36)23-7-4-21(30)5-8-23/h4-9,12,17-20,24,31H,10-11,13-16H2,1-3H3/t18-,19-,20?,24+,29?/m0/s1. The maximum atomic E-state index is 13.3. The van der Waals surface area contributed by atoms with Crippen LogP contribution in [-0.4, -0.2) is 36.9 Å². The van der Waals surface area contributed by atoms with Crippen molar-refractivity contribution >= 4 is 32.5 Å². The molecule has 2 heterocycles. The largest absolute Gasteiger partial charge is 0.350 e. The van der Waals surface area contributed by atoms with Crippen LogP contribution in [0.5, 0.6) is 0 Å². The Morgan fingerprint density at radius 2 is 1.84 bits per heavy atom. The van der Waals surface area contributed by atoms with Gasteiger partial charge in [0, 0.05) is 48.8 Å². The van der Waals surface area contributed by atoms with E-state index in [1.807, 2.05) is 19.2 Å². The molecule has 1 aliphatic heterocycles. The second kappa shape index (κ2) is 8.58. The molecule has 4 fully saturated rings. The van der Waals surface area contributed by atoms with Gasteiger partial charge in [-0.15, -0.1) is 0 Å². The summed E-state index contributed by atoms with van der Waals surface area (Å²) in [5, 5.41) is 1.01. The summed E-state index contributed by atoms with van der Waals surface area (Å²) in [7, 11) is -1.84. The second-order valence-corrected chi connectivity index (χ2v) is 13.4. The van der Waals surface area contributed by atoms with Gasteiger partial charge in [-0.1, -0.05) is 13.8 Å². The minimum Gasteiger partial charge on any atom is -0.350 e. The van der Waals surface area contributed by atoms with Crippen molar-refractivity contribution in [2.45, 2.75) is 50.3 Å². The number of hydrogen-bond donors (Lipinski definition) is 1. The molecule has 1 amide bonds. The summed E-state index contributed by atoms with van der Waals surface area (Å²) in [6.07, 6.45) is 6.73. The number of benzene rings is 2. The minimum atomic E-state index is -3.84. The third kappa shape index (κ3) is 4.04. The molecule has 0 radical (unpaired) electrons. The fraction of sp³-hybridized carbons (Fsp3) is 0.483. The van der Waals surface area contributed by atoms with Crippen LogP contribution in [0.15, 0.2) is 53.6 Å². The number of sulfonamides is 1. The number of aromatic nitrogens is 1. The van der Waals surface area contributed by atoms with Crippen molar-refractivity contribution in [1.29, 1.82) is 0 Å². The van der Waals surface area contributed by atoms with E-state index in [1.54, 1.807) is 6.07 Å². The van der Waals surface area contributed by atoms with Crippen LogP contribution in [0.25, 0.3) is 10.9 Å². The minimum absolute atomic E-state index is 0.0148. The Hall–Kier alpha value is -2.87.